The lowest BCUT2D eigenvalue weighted by Gasteiger charge is -2.22. The Hall–Kier alpha value is -0.870. The highest BCUT2D eigenvalue weighted by atomic mass is 15.4. The highest BCUT2D eigenvalue weighted by Crippen LogP contribution is 2.17. The molecule has 2 heterocycles. The standard InChI is InChI=1S/C8H14N4/c1-5-6(2)11-12-7(5)3-10-4-8(12)9/h8,10H,3-4,9H2,1-2H3. The van der Waals surface area contributed by atoms with Crippen LogP contribution in [-0.4, -0.2) is 16.3 Å². The maximum atomic E-state index is 5.87. The van der Waals surface area contributed by atoms with Crippen LogP contribution in [0.15, 0.2) is 0 Å². The number of rotatable bonds is 0. The predicted octanol–water partition coefficient (Wildman–Crippen LogP) is 0.0604. The van der Waals surface area contributed by atoms with Crippen molar-refractivity contribution in [1.82, 2.24) is 15.1 Å². The van der Waals surface area contributed by atoms with Gasteiger partial charge in [0.2, 0.25) is 0 Å². The van der Waals surface area contributed by atoms with E-state index in [0.29, 0.717) is 0 Å². The smallest absolute Gasteiger partial charge is 0.112 e. The average Bonchev–Trinajstić information content (AvgIpc) is 2.32. The van der Waals surface area contributed by atoms with E-state index >= 15 is 0 Å². The van der Waals surface area contributed by atoms with Crippen molar-refractivity contribution in [3.63, 3.8) is 0 Å². The van der Waals surface area contributed by atoms with Gasteiger partial charge in [-0.1, -0.05) is 0 Å². The van der Waals surface area contributed by atoms with Crippen LogP contribution in [0.25, 0.3) is 0 Å². The van der Waals surface area contributed by atoms with Gasteiger partial charge in [0.15, 0.2) is 0 Å². The summed E-state index contributed by atoms with van der Waals surface area (Å²) in [4.78, 5) is 0. The molecular formula is C8H14N4. The summed E-state index contributed by atoms with van der Waals surface area (Å²) < 4.78 is 1.93. The Kier molecular flexibility index (Phi) is 1.66. The third-order valence-electron chi connectivity index (χ3n) is 2.47. The molecule has 66 valence electrons. The molecule has 4 nitrogen and oxygen atoms in total. The Morgan fingerprint density at radius 3 is 3.00 bits per heavy atom. The van der Waals surface area contributed by atoms with Gasteiger partial charge in [0.05, 0.1) is 11.4 Å². The van der Waals surface area contributed by atoms with E-state index in [-0.39, 0.29) is 6.17 Å². The number of nitrogens with two attached hydrogens (primary N) is 1. The molecule has 4 heteroatoms. The van der Waals surface area contributed by atoms with Crippen LogP contribution in [0, 0.1) is 13.8 Å². The monoisotopic (exact) mass is 166 g/mol. The summed E-state index contributed by atoms with van der Waals surface area (Å²) in [6.07, 6.45) is 0.00106. The minimum atomic E-state index is 0.00106. The molecule has 3 N–H and O–H groups in total. The fraction of sp³-hybridized carbons (Fsp3) is 0.625. The van der Waals surface area contributed by atoms with Crippen LogP contribution in [0.2, 0.25) is 0 Å². The van der Waals surface area contributed by atoms with Gasteiger partial charge >= 0.3 is 0 Å². The van der Waals surface area contributed by atoms with Gasteiger partial charge in [-0.15, -0.1) is 0 Å². The van der Waals surface area contributed by atoms with Gasteiger partial charge in [-0.2, -0.15) is 5.10 Å². The maximum Gasteiger partial charge on any atom is 0.112 e. The van der Waals surface area contributed by atoms with E-state index in [1.807, 2.05) is 11.6 Å². The molecule has 0 spiro atoms. The van der Waals surface area contributed by atoms with Gasteiger partial charge in [-0.25, -0.2) is 4.68 Å². The zero-order chi connectivity index (χ0) is 8.72. The third-order valence-corrected chi connectivity index (χ3v) is 2.47. The predicted molar refractivity (Wildman–Crippen MR) is 46.6 cm³/mol. The second-order valence-electron chi connectivity index (χ2n) is 3.30. The lowest BCUT2D eigenvalue weighted by molar-refractivity contribution is 0.375. The van der Waals surface area contributed by atoms with Crippen LogP contribution < -0.4 is 11.1 Å². The minimum Gasteiger partial charge on any atom is -0.309 e. The summed E-state index contributed by atoms with van der Waals surface area (Å²) in [5, 5.41) is 7.64. The highest BCUT2D eigenvalue weighted by molar-refractivity contribution is 5.24. The molecule has 1 aromatic heterocycles. The van der Waals surface area contributed by atoms with Crippen molar-refractivity contribution >= 4 is 0 Å². The topological polar surface area (TPSA) is 55.9 Å². The number of aromatic nitrogens is 2. The van der Waals surface area contributed by atoms with Crippen molar-refractivity contribution in [2.24, 2.45) is 5.73 Å². The summed E-state index contributed by atoms with van der Waals surface area (Å²) >= 11 is 0. The lowest BCUT2D eigenvalue weighted by Crippen LogP contribution is -2.38. The minimum absolute atomic E-state index is 0.00106. The van der Waals surface area contributed by atoms with Crippen LogP contribution >= 0.6 is 0 Å². The summed E-state index contributed by atoms with van der Waals surface area (Å²) in [7, 11) is 0. The molecule has 1 aliphatic heterocycles. The van der Waals surface area contributed by atoms with Crippen molar-refractivity contribution < 1.29 is 0 Å². The molecule has 0 saturated carbocycles. The molecule has 0 aliphatic carbocycles. The first-order chi connectivity index (χ1) is 5.70. The molecule has 0 amide bonds. The SMILES string of the molecule is Cc1nn2c(c1C)CNCC2N. The van der Waals surface area contributed by atoms with Crippen LogP contribution in [0.4, 0.5) is 0 Å². The Bertz CT molecular complexity index is 302. The van der Waals surface area contributed by atoms with E-state index in [0.717, 1.165) is 18.8 Å². The van der Waals surface area contributed by atoms with Crippen molar-refractivity contribution in [3.05, 3.63) is 17.0 Å². The maximum absolute atomic E-state index is 5.87. The molecule has 1 unspecified atom stereocenters. The average molecular weight is 166 g/mol. The molecule has 1 atom stereocenters. The Morgan fingerprint density at radius 1 is 1.58 bits per heavy atom. The lowest BCUT2D eigenvalue weighted by atomic mass is 10.2. The van der Waals surface area contributed by atoms with Gasteiger partial charge in [0, 0.05) is 13.1 Å². The van der Waals surface area contributed by atoms with Crippen molar-refractivity contribution in [1.29, 1.82) is 0 Å². The highest BCUT2D eigenvalue weighted by Gasteiger charge is 2.19. The number of aryl methyl sites for hydroxylation is 1. The molecule has 0 bridgehead atoms. The van der Waals surface area contributed by atoms with E-state index in [9.17, 15) is 0 Å². The van der Waals surface area contributed by atoms with E-state index in [4.69, 9.17) is 5.73 Å². The molecule has 0 saturated heterocycles. The second kappa shape index (κ2) is 2.57. The summed E-state index contributed by atoms with van der Waals surface area (Å²) in [5.74, 6) is 0. The fourth-order valence-electron chi connectivity index (χ4n) is 1.59. The molecule has 0 aromatic carbocycles. The number of hydrogen-bond acceptors (Lipinski definition) is 3. The summed E-state index contributed by atoms with van der Waals surface area (Å²) in [6, 6.07) is 0. The molecule has 2 rings (SSSR count). The van der Waals surface area contributed by atoms with Crippen molar-refractivity contribution in [3.8, 4) is 0 Å². The molecule has 0 fully saturated rings. The van der Waals surface area contributed by atoms with E-state index in [1.54, 1.807) is 0 Å². The van der Waals surface area contributed by atoms with Gasteiger partial charge in [-0.05, 0) is 19.4 Å². The molecule has 1 aliphatic rings. The van der Waals surface area contributed by atoms with Crippen LogP contribution in [0.5, 0.6) is 0 Å². The van der Waals surface area contributed by atoms with Crippen molar-refractivity contribution in [2.45, 2.75) is 26.6 Å². The summed E-state index contributed by atoms with van der Waals surface area (Å²) in [6.45, 7) is 5.81. The Balaban J connectivity index is 2.52. The Morgan fingerprint density at radius 2 is 2.33 bits per heavy atom. The van der Waals surface area contributed by atoms with Crippen LogP contribution in [0.3, 0.4) is 0 Å². The molecular weight excluding hydrogens is 152 g/mol. The van der Waals surface area contributed by atoms with E-state index < -0.39 is 0 Å². The Labute approximate surface area is 71.7 Å². The number of fused-ring (bicyclic) bond motifs is 1. The first-order valence-corrected chi connectivity index (χ1v) is 4.21. The van der Waals surface area contributed by atoms with Crippen LogP contribution in [-0.2, 0) is 6.54 Å². The van der Waals surface area contributed by atoms with E-state index in [2.05, 4.69) is 17.3 Å². The zero-order valence-corrected chi connectivity index (χ0v) is 7.46. The fourth-order valence-corrected chi connectivity index (χ4v) is 1.59. The quantitative estimate of drug-likeness (QED) is 0.573. The first kappa shape index (κ1) is 7.76. The van der Waals surface area contributed by atoms with E-state index in [1.165, 1.54) is 11.3 Å². The molecule has 0 radical (unpaired) electrons. The second-order valence-corrected chi connectivity index (χ2v) is 3.30. The van der Waals surface area contributed by atoms with Crippen molar-refractivity contribution in [2.75, 3.05) is 6.54 Å². The molecule has 1 aromatic rings. The van der Waals surface area contributed by atoms with Gasteiger partial charge in [0.25, 0.3) is 0 Å². The molecule has 12 heavy (non-hydrogen) atoms. The summed E-state index contributed by atoms with van der Waals surface area (Å²) in [5.41, 5.74) is 9.44. The zero-order valence-electron chi connectivity index (χ0n) is 7.46. The first-order valence-electron chi connectivity index (χ1n) is 4.21. The third kappa shape index (κ3) is 0.956. The van der Waals surface area contributed by atoms with Crippen LogP contribution in [0.1, 0.15) is 23.1 Å². The van der Waals surface area contributed by atoms with Gasteiger partial charge in [-0.3, -0.25) is 0 Å². The number of nitrogens with one attached hydrogen (secondary N) is 1. The largest absolute Gasteiger partial charge is 0.309 e. The van der Waals surface area contributed by atoms with Gasteiger partial charge < -0.3 is 11.1 Å². The van der Waals surface area contributed by atoms with Gasteiger partial charge in [0.1, 0.15) is 6.17 Å². The number of nitrogens with zero attached hydrogens (tertiary/aromatic N) is 2. The number of hydrogen-bond donors (Lipinski definition) is 2. The normalized spacial score (nSPS) is 22.4.